The molecule has 9 nitrogen and oxygen atoms in total. The predicted molar refractivity (Wildman–Crippen MR) is 341 cm³/mol. The second-order valence-electron chi connectivity index (χ2n) is 24.1. The molecule has 0 aromatic rings. The third-order valence-electron chi connectivity index (χ3n) is 15.0. The Morgan fingerprint density at radius 1 is 0.375 bits per heavy atom. The number of hydrogen-bond donors (Lipinski definition) is 1. The Bertz CT molecular complexity index is 1500. The van der Waals surface area contributed by atoms with Crippen LogP contribution in [-0.2, 0) is 33.3 Å². The Kier molecular flexibility index (Phi) is 59.7. The highest BCUT2D eigenvalue weighted by molar-refractivity contribution is 5.71. The minimum Gasteiger partial charge on any atom is -0.477 e. The summed E-state index contributed by atoms with van der Waals surface area (Å²) >= 11 is 0. The van der Waals surface area contributed by atoms with E-state index in [9.17, 15) is 19.5 Å². The van der Waals surface area contributed by atoms with Gasteiger partial charge in [-0.15, -0.1) is 0 Å². The molecule has 0 aliphatic carbocycles. The highest BCUT2D eigenvalue weighted by Crippen LogP contribution is 2.18. The minimum atomic E-state index is -1.51. The first kappa shape index (κ1) is 77.0. The van der Waals surface area contributed by atoms with Gasteiger partial charge in [0, 0.05) is 12.8 Å². The molecule has 0 aromatic heterocycles. The molecule has 0 aliphatic rings. The van der Waals surface area contributed by atoms with Gasteiger partial charge in [0.15, 0.2) is 6.10 Å². The first-order chi connectivity index (χ1) is 39.1. The van der Waals surface area contributed by atoms with E-state index in [0.717, 1.165) is 70.6 Å². The van der Waals surface area contributed by atoms with E-state index in [2.05, 4.69) is 74.6 Å². The molecular weight excluding hydrogens is 995 g/mol. The smallest absolute Gasteiger partial charge is 0.361 e. The van der Waals surface area contributed by atoms with Crippen LogP contribution in [0.1, 0.15) is 316 Å². The number of rotatable bonds is 63. The van der Waals surface area contributed by atoms with Crippen LogP contribution in [0.2, 0.25) is 0 Å². The Balaban J connectivity index is 4.03. The van der Waals surface area contributed by atoms with Gasteiger partial charge in [0.1, 0.15) is 13.2 Å². The van der Waals surface area contributed by atoms with Crippen LogP contribution in [0.3, 0.4) is 0 Å². The van der Waals surface area contributed by atoms with E-state index in [1.807, 2.05) is 21.1 Å². The van der Waals surface area contributed by atoms with Gasteiger partial charge >= 0.3 is 17.9 Å². The standard InChI is InChI=1S/C71H129NO8/c1-6-8-10-12-14-16-18-20-22-24-26-27-28-29-30-31-32-33-34-35-36-37-38-39-40-41-42-43-44-46-48-50-52-54-56-58-60-62-69(74)80-67(66-79-71(70(75)76)77-64-63-72(3,4)5)65-78-68(73)61-59-57-55-53-51-49-47-45-25-23-21-19-17-15-13-11-9-7-2/h17-20,23-26,28-29,67,71H,6-16,21-22,27,30-66H2,1-5H3/p+1/b19-17-,20-18-,25-23-,26-24-,29-28-. The van der Waals surface area contributed by atoms with Crippen molar-refractivity contribution in [3.63, 3.8) is 0 Å². The number of aliphatic carboxylic acids is 1. The van der Waals surface area contributed by atoms with E-state index in [-0.39, 0.29) is 32.2 Å². The largest absolute Gasteiger partial charge is 0.477 e. The van der Waals surface area contributed by atoms with E-state index in [1.54, 1.807) is 0 Å². The van der Waals surface area contributed by atoms with Crippen LogP contribution in [0.25, 0.3) is 0 Å². The third kappa shape index (κ3) is 62.6. The van der Waals surface area contributed by atoms with Crippen molar-refractivity contribution in [3.8, 4) is 0 Å². The topological polar surface area (TPSA) is 108 Å². The van der Waals surface area contributed by atoms with Crippen molar-refractivity contribution in [1.29, 1.82) is 0 Å². The van der Waals surface area contributed by atoms with Gasteiger partial charge in [-0.05, 0) is 83.5 Å². The van der Waals surface area contributed by atoms with Crippen LogP contribution in [0.4, 0.5) is 0 Å². The number of nitrogens with zero attached hydrogens (tertiary/aromatic N) is 1. The number of carboxylic acid groups (broad SMARTS) is 1. The summed E-state index contributed by atoms with van der Waals surface area (Å²) in [6.45, 7) is 4.88. The molecule has 2 unspecified atom stereocenters. The molecule has 0 fully saturated rings. The average Bonchev–Trinajstić information content (AvgIpc) is 3.43. The summed E-state index contributed by atoms with van der Waals surface area (Å²) in [4.78, 5) is 37.5. The zero-order chi connectivity index (χ0) is 58.3. The van der Waals surface area contributed by atoms with Crippen LogP contribution in [0.15, 0.2) is 60.8 Å². The summed E-state index contributed by atoms with van der Waals surface area (Å²) in [7, 11) is 5.98. The number of allylic oxidation sites excluding steroid dienone is 10. The van der Waals surface area contributed by atoms with E-state index >= 15 is 0 Å². The van der Waals surface area contributed by atoms with Crippen LogP contribution in [0.5, 0.6) is 0 Å². The van der Waals surface area contributed by atoms with Gasteiger partial charge in [-0.2, -0.15) is 0 Å². The van der Waals surface area contributed by atoms with Gasteiger partial charge in [0.05, 0.1) is 34.4 Å². The highest BCUT2D eigenvalue weighted by Gasteiger charge is 2.25. The molecule has 0 aliphatic heterocycles. The lowest BCUT2D eigenvalue weighted by Gasteiger charge is -2.25. The van der Waals surface area contributed by atoms with Crippen LogP contribution in [0, 0.1) is 0 Å². The quantitative estimate of drug-likeness (QED) is 0.0211. The SMILES string of the molecule is CCCCCC/C=C\C/C=C\CCCCCCCCCC(=O)OCC(COC(OCC[N+](C)(C)C)C(=O)O)OC(=O)CCCCCCCCCCCCCCCCCCCCCCCC/C=C\C/C=C\C/C=C\CCCCCCC. The molecule has 2 atom stereocenters. The lowest BCUT2D eigenvalue weighted by Crippen LogP contribution is -2.40. The van der Waals surface area contributed by atoms with Crippen LogP contribution in [-0.4, -0.2) is 87.4 Å². The summed E-state index contributed by atoms with van der Waals surface area (Å²) in [5.74, 6) is -2.00. The molecule has 466 valence electrons. The fraction of sp³-hybridized carbons (Fsp3) is 0.817. The normalized spacial score (nSPS) is 13.1. The summed E-state index contributed by atoms with van der Waals surface area (Å²) in [5, 5.41) is 9.73. The van der Waals surface area contributed by atoms with Crippen molar-refractivity contribution in [3.05, 3.63) is 60.8 Å². The van der Waals surface area contributed by atoms with E-state index in [1.165, 1.54) is 218 Å². The molecule has 0 rings (SSSR count). The zero-order valence-corrected chi connectivity index (χ0v) is 53.2. The highest BCUT2D eigenvalue weighted by atomic mass is 16.7. The second-order valence-corrected chi connectivity index (χ2v) is 24.1. The molecule has 0 amide bonds. The fourth-order valence-electron chi connectivity index (χ4n) is 9.76. The fourth-order valence-corrected chi connectivity index (χ4v) is 9.76. The summed E-state index contributed by atoms with van der Waals surface area (Å²) in [6.07, 6.45) is 77.6. The Morgan fingerprint density at radius 3 is 1.01 bits per heavy atom. The Labute approximate surface area is 495 Å². The number of carboxylic acids is 1. The molecule has 0 saturated heterocycles. The molecule has 0 aromatic carbocycles. The number of ether oxygens (including phenoxy) is 4. The van der Waals surface area contributed by atoms with Crippen molar-refractivity contribution >= 4 is 17.9 Å². The summed E-state index contributed by atoms with van der Waals surface area (Å²) in [5.41, 5.74) is 0. The average molecular weight is 1130 g/mol. The number of unbranched alkanes of at least 4 members (excludes halogenated alkanes) is 38. The molecule has 0 bridgehead atoms. The maximum absolute atomic E-state index is 12.9. The molecule has 1 N–H and O–H groups in total. The zero-order valence-electron chi connectivity index (χ0n) is 53.2. The van der Waals surface area contributed by atoms with Crippen molar-refractivity contribution in [2.24, 2.45) is 0 Å². The lowest BCUT2D eigenvalue weighted by atomic mass is 10.0. The number of quaternary nitrogens is 1. The Hall–Kier alpha value is -3.01. The number of esters is 2. The molecular formula is C71H130NO8+. The first-order valence-electron chi connectivity index (χ1n) is 34.0. The number of likely N-dealkylation sites (N-methyl/N-ethyl adjacent to an activating group) is 1. The first-order valence-corrected chi connectivity index (χ1v) is 34.0. The van der Waals surface area contributed by atoms with Gasteiger partial charge in [-0.1, -0.05) is 280 Å². The molecule has 0 heterocycles. The third-order valence-corrected chi connectivity index (χ3v) is 15.0. The molecule has 0 spiro atoms. The molecule has 80 heavy (non-hydrogen) atoms. The van der Waals surface area contributed by atoms with Crippen molar-refractivity contribution in [2.75, 3.05) is 47.5 Å². The van der Waals surface area contributed by atoms with E-state index in [0.29, 0.717) is 17.4 Å². The van der Waals surface area contributed by atoms with E-state index < -0.39 is 24.3 Å². The lowest BCUT2D eigenvalue weighted by molar-refractivity contribution is -0.870. The minimum absolute atomic E-state index is 0.184. The number of carbonyl (C=O) groups is 3. The maximum atomic E-state index is 12.9. The van der Waals surface area contributed by atoms with Crippen molar-refractivity contribution < 1.29 is 42.9 Å². The van der Waals surface area contributed by atoms with E-state index in [4.69, 9.17) is 18.9 Å². The Morgan fingerprint density at radius 2 is 0.675 bits per heavy atom. The monoisotopic (exact) mass is 1120 g/mol. The molecule has 9 heteroatoms. The van der Waals surface area contributed by atoms with Gasteiger partial charge in [0.2, 0.25) is 0 Å². The summed E-state index contributed by atoms with van der Waals surface area (Å²) < 4.78 is 22.9. The predicted octanol–water partition coefficient (Wildman–Crippen LogP) is 20.7. The van der Waals surface area contributed by atoms with Crippen molar-refractivity contribution in [1.82, 2.24) is 0 Å². The van der Waals surface area contributed by atoms with Gasteiger partial charge < -0.3 is 28.5 Å². The maximum Gasteiger partial charge on any atom is 0.361 e. The van der Waals surface area contributed by atoms with Gasteiger partial charge in [-0.25, -0.2) is 4.79 Å². The number of hydrogen-bond acceptors (Lipinski definition) is 7. The van der Waals surface area contributed by atoms with Crippen LogP contribution >= 0.6 is 0 Å². The summed E-state index contributed by atoms with van der Waals surface area (Å²) in [6, 6.07) is 0. The van der Waals surface area contributed by atoms with Gasteiger partial charge in [0.25, 0.3) is 6.29 Å². The van der Waals surface area contributed by atoms with Crippen molar-refractivity contribution in [2.45, 2.75) is 328 Å². The van der Waals surface area contributed by atoms with Gasteiger partial charge in [-0.3, -0.25) is 9.59 Å². The molecule has 0 radical (unpaired) electrons. The second kappa shape index (κ2) is 62.0. The number of carbonyl (C=O) groups excluding carboxylic acids is 2. The van der Waals surface area contributed by atoms with Crippen LogP contribution < -0.4 is 0 Å². The molecule has 0 saturated carbocycles.